The number of aromatic carboxylic acids is 1. The van der Waals surface area contributed by atoms with Crippen LogP contribution < -0.4 is 0 Å². The summed E-state index contributed by atoms with van der Waals surface area (Å²) in [4.78, 5) is 26.2. The second-order valence-corrected chi connectivity index (χ2v) is 7.15. The second-order valence-electron chi connectivity index (χ2n) is 4.79. The molecule has 1 N–H and O–H groups in total. The maximum Gasteiger partial charge on any atom is 0.345 e. The summed E-state index contributed by atoms with van der Waals surface area (Å²) in [5.41, 5.74) is 0. The van der Waals surface area contributed by atoms with Gasteiger partial charge < -0.3 is 19.5 Å². The quantitative estimate of drug-likeness (QED) is 0.906. The van der Waals surface area contributed by atoms with Crippen molar-refractivity contribution in [3.63, 3.8) is 0 Å². The largest absolute Gasteiger partial charge is 0.477 e. The molecule has 22 heavy (non-hydrogen) atoms. The highest BCUT2D eigenvalue weighted by Crippen LogP contribution is 2.34. The summed E-state index contributed by atoms with van der Waals surface area (Å²) in [5.74, 6) is -0.991. The molecule has 1 aliphatic heterocycles. The topological polar surface area (TPSA) is 76.1 Å². The van der Waals surface area contributed by atoms with E-state index in [0.29, 0.717) is 49.3 Å². The molecule has 0 spiro atoms. The highest BCUT2D eigenvalue weighted by atomic mass is 32.2. The van der Waals surface area contributed by atoms with E-state index in [9.17, 15) is 9.59 Å². The zero-order valence-electron chi connectivity index (χ0n) is 11.7. The van der Waals surface area contributed by atoms with Gasteiger partial charge in [0.1, 0.15) is 4.88 Å². The van der Waals surface area contributed by atoms with Crippen LogP contribution in [0.2, 0.25) is 0 Å². The van der Waals surface area contributed by atoms with Crippen molar-refractivity contribution in [3.8, 4) is 0 Å². The summed E-state index contributed by atoms with van der Waals surface area (Å²) < 4.78 is 11.6. The molecule has 118 valence electrons. The summed E-state index contributed by atoms with van der Waals surface area (Å²) >= 11 is 2.54. The van der Waals surface area contributed by atoms with Gasteiger partial charge in [0.2, 0.25) is 0 Å². The number of amides is 1. The van der Waals surface area contributed by atoms with Gasteiger partial charge in [-0.3, -0.25) is 4.79 Å². The van der Waals surface area contributed by atoms with Crippen molar-refractivity contribution >= 4 is 43.9 Å². The number of thiophene rings is 2. The molecule has 6 nitrogen and oxygen atoms in total. The van der Waals surface area contributed by atoms with Crippen LogP contribution in [0.4, 0.5) is 0 Å². The Labute approximate surface area is 134 Å². The fourth-order valence-electron chi connectivity index (χ4n) is 2.19. The molecule has 0 radical (unpaired) electrons. The van der Waals surface area contributed by atoms with E-state index in [1.54, 1.807) is 17.0 Å². The first-order valence-corrected chi connectivity index (χ1v) is 8.50. The first-order chi connectivity index (χ1) is 10.6. The number of hydrogen-bond donors (Lipinski definition) is 1. The lowest BCUT2D eigenvalue weighted by molar-refractivity contribution is 0.0629. The zero-order chi connectivity index (χ0) is 15.5. The Morgan fingerprint density at radius 3 is 2.18 bits per heavy atom. The number of carbonyl (C=O) groups is 2. The number of carbonyl (C=O) groups excluding carboxylic acids is 1. The molecule has 1 aliphatic rings. The lowest BCUT2D eigenvalue weighted by Crippen LogP contribution is -2.35. The van der Waals surface area contributed by atoms with Crippen LogP contribution in [0.25, 0.3) is 9.40 Å². The fraction of sp³-hybridized carbons (Fsp3) is 0.429. The summed E-state index contributed by atoms with van der Waals surface area (Å²) in [6.45, 7) is 3.17. The van der Waals surface area contributed by atoms with Crippen molar-refractivity contribution in [1.29, 1.82) is 0 Å². The lowest BCUT2D eigenvalue weighted by Gasteiger charge is -2.20. The molecule has 0 aromatic carbocycles. The van der Waals surface area contributed by atoms with E-state index in [4.69, 9.17) is 14.6 Å². The number of rotatable bonds is 2. The zero-order valence-corrected chi connectivity index (χ0v) is 13.4. The van der Waals surface area contributed by atoms with Gasteiger partial charge in [-0.2, -0.15) is 0 Å². The van der Waals surface area contributed by atoms with Gasteiger partial charge in [0, 0.05) is 18.5 Å². The van der Waals surface area contributed by atoms with E-state index in [1.165, 1.54) is 22.7 Å². The van der Waals surface area contributed by atoms with Crippen LogP contribution >= 0.6 is 22.7 Å². The van der Waals surface area contributed by atoms with Gasteiger partial charge >= 0.3 is 5.97 Å². The standard InChI is InChI=1S/C14H15NO5S2/c16-12(15-1-3-19-5-6-20-4-2-15)10-7-9-8-11(13(17)18)22-14(9)21-10/h7-8H,1-6H2,(H,17,18). The number of nitrogens with zero attached hydrogens (tertiary/aromatic N) is 1. The molecular weight excluding hydrogens is 326 g/mol. The van der Waals surface area contributed by atoms with E-state index in [0.717, 1.165) is 9.40 Å². The third-order valence-electron chi connectivity index (χ3n) is 3.31. The molecule has 2 aromatic rings. The third kappa shape index (κ3) is 3.30. The lowest BCUT2D eigenvalue weighted by atomic mass is 10.3. The predicted molar refractivity (Wildman–Crippen MR) is 84.2 cm³/mol. The minimum Gasteiger partial charge on any atom is -0.477 e. The number of carboxylic acids is 1. The molecular formula is C14H15NO5S2. The summed E-state index contributed by atoms with van der Waals surface area (Å²) in [6.07, 6.45) is 0. The SMILES string of the molecule is O=C(O)c1cc2cc(C(=O)N3CCOCCOCC3)sc2s1. The van der Waals surface area contributed by atoms with Gasteiger partial charge in [-0.1, -0.05) is 0 Å². The van der Waals surface area contributed by atoms with Gasteiger partial charge in [-0.25, -0.2) is 4.79 Å². The van der Waals surface area contributed by atoms with E-state index in [-0.39, 0.29) is 5.91 Å². The minimum absolute atomic E-state index is 0.0561. The van der Waals surface area contributed by atoms with Gasteiger partial charge in [0.25, 0.3) is 5.91 Å². The van der Waals surface area contributed by atoms with Crippen LogP contribution in [0.3, 0.4) is 0 Å². The average Bonchev–Trinajstić information content (AvgIpc) is 3.08. The molecule has 3 rings (SSSR count). The van der Waals surface area contributed by atoms with Gasteiger partial charge in [0.15, 0.2) is 0 Å². The van der Waals surface area contributed by atoms with E-state index in [1.807, 2.05) is 0 Å². The Bertz CT molecular complexity index is 651. The minimum atomic E-state index is -0.935. The van der Waals surface area contributed by atoms with E-state index >= 15 is 0 Å². The third-order valence-corrected chi connectivity index (χ3v) is 5.67. The highest BCUT2D eigenvalue weighted by Gasteiger charge is 2.20. The predicted octanol–water partition coefficient (Wildman–Crippen LogP) is 2.15. The van der Waals surface area contributed by atoms with Crippen LogP contribution in [0, 0.1) is 0 Å². The fourth-order valence-corrected chi connectivity index (χ4v) is 4.44. The van der Waals surface area contributed by atoms with Gasteiger partial charge in [-0.05, 0) is 12.1 Å². The number of fused-ring (bicyclic) bond motifs is 1. The molecule has 0 unspecified atom stereocenters. The Morgan fingerprint density at radius 1 is 1.00 bits per heavy atom. The molecule has 0 saturated carbocycles. The molecule has 0 aliphatic carbocycles. The van der Waals surface area contributed by atoms with Crippen LogP contribution in [0.5, 0.6) is 0 Å². The van der Waals surface area contributed by atoms with Crippen molar-refractivity contribution < 1.29 is 24.2 Å². The summed E-state index contributed by atoms with van der Waals surface area (Å²) in [7, 11) is 0. The Morgan fingerprint density at radius 2 is 1.59 bits per heavy atom. The number of ether oxygens (including phenoxy) is 2. The molecule has 0 atom stereocenters. The molecule has 0 bridgehead atoms. The van der Waals surface area contributed by atoms with Gasteiger partial charge in [0.05, 0.1) is 35.3 Å². The van der Waals surface area contributed by atoms with Crippen molar-refractivity contribution in [2.75, 3.05) is 39.5 Å². The average molecular weight is 341 g/mol. The maximum atomic E-state index is 12.6. The smallest absolute Gasteiger partial charge is 0.345 e. The normalized spacial score (nSPS) is 17.0. The molecule has 2 aromatic heterocycles. The van der Waals surface area contributed by atoms with Crippen molar-refractivity contribution in [2.45, 2.75) is 0 Å². The van der Waals surface area contributed by atoms with E-state index in [2.05, 4.69) is 0 Å². The van der Waals surface area contributed by atoms with Crippen LogP contribution in [0.1, 0.15) is 19.3 Å². The summed E-state index contributed by atoms with van der Waals surface area (Å²) in [5, 5.41) is 9.80. The molecule has 1 amide bonds. The molecule has 1 fully saturated rings. The van der Waals surface area contributed by atoms with Crippen LogP contribution in [-0.2, 0) is 9.47 Å². The van der Waals surface area contributed by atoms with Crippen molar-refractivity contribution in [2.24, 2.45) is 0 Å². The summed E-state index contributed by atoms with van der Waals surface area (Å²) in [6, 6.07) is 3.37. The highest BCUT2D eigenvalue weighted by molar-refractivity contribution is 7.39. The second kappa shape index (κ2) is 6.74. The Hall–Kier alpha value is -1.48. The van der Waals surface area contributed by atoms with Crippen LogP contribution in [-0.4, -0.2) is 61.4 Å². The van der Waals surface area contributed by atoms with E-state index < -0.39 is 5.97 Å². The molecule has 8 heteroatoms. The van der Waals surface area contributed by atoms with Crippen molar-refractivity contribution in [1.82, 2.24) is 4.90 Å². The first-order valence-electron chi connectivity index (χ1n) is 6.86. The maximum absolute atomic E-state index is 12.6. The first kappa shape index (κ1) is 15.4. The monoisotopic (exact) mass is 341 g/mol. The van der Waals surface area contributed by atoms with Gasteiger partial charge in [-0.15, -0.1) is 22.7 Å². The number of hydrogen-bond acceptors (Lipinski definition) is 6. The molecule has 1 saturated heterocycles. The molecule has 3 heterocycles. The van der Waals surface area contributed by atoms with Crippen LogP contribution in [0.15, 0.2) is 12.1 Å². The number of carboxylic acid groups (broad SMARTS) is 1. The Balaban J connectivity index is 1.77. The Kier molecular flexibility index (Phi) is 4.72. The van der Waals surface area contributed by atoms with Crippen molar-refractivity contribution in [3.05, 3.63) is 21.9 Å².